The summed E-state index contributed by atoms with van der Waals surface area (Å²) in [4.78, 5) is 71.2. The van der Waals surface area contributed by atoms with Crippen LogP contribution in [0.4, 0.5) is 0 Å². The van der Waals surface area contributed by atoms with Gasteiger partial charge in [0.15, 0.2) is 0 Å². The quantitative estimate of drug-likeness (QED) is 0.125. The Balaban J connectivity index is 5.61. The van der Waals surface area contributed by atoms with Crippen LogP contribution < -0.4 is 33.2 Å². The van der Waals surface area contributed by atoms with E-state index in [1.54, 1.807) is 13.8 Å². The molecule has 182 valence electrons. The van der Waals surface area contributed by atoms with Crippen LogP contribution in [-0.4, -0.2) is 76.0 Å². The van der Waals surface area contributed by atoms with E-state index in [2.05, 4.69) is 10.6 Å². The van der Waals surface area contributed by atoms with E-state index in [1.807, 2.05) is 5.32 Å². The first-order valence-electron chi connectivity index (χ1n) is 9.85. The van der Waals surface area contributed by atoms with Crippen molar-refractivity contribution >= 4 is 35.5 Å². The van der Waals surface area contributed by atoms with Gasteiger partial charge in [-0.1, -0.05) is 20.3 Å². The van der Waals surface area contributed by atoms with Crippen molar-refractivity contribution in [3.63, 3.8) is 0 Å². The minimum atomic E-state index is -1.69. The van der Waals surface area contributed by atoms with E-state index in [4.69, 9.17) is 22.3 Å². The van der Waals surface area contributed by atoms with Crippen molar-refractivity contribution in [3.8, 4) is 0 Å². The molecule has 0 aliphatic heterocycles. The average Bonchev–Trinajstić information content (AvgIpc) is 2.68. The Hall–Kier alpha value is -3.26. The Morgan fingerprint density at radius 2 is 1.28 bits per heavy atom. The van der Waals surface area contributed by atoms with Crippen LogP contribution in [0.2, 0.25) is 0 Å². The number of carboxylic acids is 1. The SMILES string of the molecule is CCC(C)C(NC(=O)C(N)C(C)O)C(=O)NC(CC(N)=O)C(=O)NC(CC(N)=O)C(=O)O. The molecule has 14 heteroatoms. The maximum Gasteiger partial charge on any atom is 0.326 e. The highest BCUT2D eigenvalue weighted by molar-refractivity contribution is 5.96. The molecule has 0 spiro atoms. The third-order valence-electron chi connectivity index (χ3n) is 4.67. The standard InChI is InChI=1S/C18H32N6O8/c1-4-7(2)14(24-16(29)13(21)8(3)25)17(30)22-9(5-11(19)26)15(28)23-10(18(31)32)6-12(20)27/h7-10,13-14,25H,4-6,21H2,1-3H3,(H2,19,26)(H2,20,27)(H,22,30)(H,23,28)(H,24,29)(H,31,32). The largest absolute Gasteiger partial charge is 0.480 e. The van der Waals surface area contributed by atoms with Crippen molar-refractivity contribution in [3.05, 3.63) is 0 Å². The van der Waals surface area contributed by atoms with E-state index < -0.39 is 84.5 Å². The third-order valence-corrected chi connectivity index (χ3v) is 4.67. The van der Waals surface area contributed by atoms with Gasteiger partial charge in [-0.15, -0.1) is 0 Å². The Bertz CT molecular complexity index is 728. The van der Waals surface area contributed by atoms with E-state index in [1.165, 1.54) is 6.92 Å². The molecular weight excluding hydrogens is 428 g/mol. The molecule has 0 aliphatic rings. The first-order valence-corrected chi connectivity index (χ1v) is 9.85. The Morgan fingerprint density at radius 3 is 1.69 bits per heavy atom. The number of primary amides is 2. The minimum Gasteiger partial charge on any atom is -0.480 e. The zero-order valence-electron chi connectivity index (χ0n) is 18.2. The van der Waals surface area contributed by atoms with Crippen molar-refractivity contribution in [1.29, 1.82) is 0 Å². The monoisotopic (exact) mass is 460 g/mol. The molecular formula is C18H32N6O8. The number of carboxylic acid groups (broad SMARTS) is 1. The minimum absolute atomic E-state index is 0.425. The Labute approximate surface area is 184 Å². The molecule has 11 N–H and O–H groups in total. The molecule has 6 atom stereocenters. The Morgan fingerprint density at radius 1 is 0.812 bits per heavy atom. The van der Waals surface area contributed by atoms with Gasteiger partial charge in [-0.2, -0.15) is 0 Å². The van der Waals surface area contributed by atoms with Crippen molar-refractivity contribution in [2.75, 3.05) is 0 Å². The summed E-state index contributed by atoms with van der Waals surface area (Å²) in [5, 5.41) is 25.3. The fourth-order valence-electron chi connectivity index (χ4n) is 2.52. The maximum absolute atomic E-state index is 12.8. The van der Waals surface area contributed by atoms with Gasteiger partial charge in [0.1, 0.15) is 24.2 Å². The lowest BCUT2D eigenvalue weighted by molar-refractivity contribution is -0.144. The number of hydrogen-bond donors (Lipinski definition) is 8. The van der Waals surface area contributed by atoms with Gasteiger partial charge in [0.25, 0.3) is 0 Å². The van der Waals surface area contributed by atoms with Gasteiger partial charge in [-0.05, 0) is 12.8 Å². The number of hydrogen-bond acceptors (Lipinski definition) is 8. The predicted octanol–water partition coefficient (Wildman–Crippen LogP) is -3.97. The molecule has 0 aromatic rings. The second-order valence-electron chi connectivity index (χ2n) is 7.44. The summed E-state index contributed by atoms with van der Waals surface area (Å²) < 4.78 is 0. The Kier molecular flexibility index (Phi) is 11.9. The van der Waals surface area contributed by atoms with Gasteiger partial charge >= 0.3 is 5.97 Å². The number of nitrogens with one attached hydrogen (secondary N) is 3. The highest BCUT2D eigenvalue weighted by Crippen LogP contribution is 2.10. The summed E-state index contributed by atoms with van der Waals surface area (Å²) in [5.74, 6) is -6.76. The second-order valence-corrected chi connectivity index (χ2v) is 7.44. The molecule has 5 amide bonds. The van der Waals surface area contributed by atoms with Crippen molar-refractivity contribution in [1.82, 2.24) is 16.0 Å². The number of aliphatic carboxylic acids is 1. The van der Waals surface area contributed by atoms with Crippen LogP contribution in [0.3, 0.4) is 0 Å². The maximum atomic E-state index is 12.8. The summed E-state index contributed by atoms with van der Waals surface area (Å²) in [6.07, 6.45) is -2.17. The molecule has 6 unspecified atom stereocenters. The first-order chi connectivity index (χ1) is 14.7. The van der Waals surface area contributed by atoms with E-state index in [9.17, 15) is 33.9 Å². The van der Waals surface area contributed by atoms with Crippen LogP contribution in [0.25, 0.3) is 0 Å². The highest BCUT2D eigenvalue weighted by Gasteiger charge is 2.34. The molecule has 0 aromatic carbocycles. The molecule has 0 bridgehead atoms. The molecule has 14 nitrogen and oxygen atoms in total. The van der Waals surface area contributed by atoms with E-state index >= 15 is 0 Å². The van der Waals surface area contributed by atoms with Gasteiger partial charge in [0.05, 0.1) is 18.9 Å². The smallest absolute Gasteiger partial charge is 0.326 e. The third kappa shape index (κ3) is 9.70. The van der Waals surface area contributed by atoms with Crippen molar-refractivity contribution in [2.24, 2.45) is 23.1 Å². The van der Waals surface area contributed by atoms with Gasteiger partial charge in [-0.3, -0.25) is 24.0 Å². The lowest BCUT2D eigenvalue weighted by Gasteiger charge is -2.28. The van der Waals surface area contributed by atoms with E-state index in [0.717, 1.165) is 0 Å². The van der Waals surface area contributed by atoms with Crippen LogP contribution in [0.5, 0.6) is 0 Å². The number of rotatable bonds is 14. The average molecular weight is 460 g/mol. The number of carbonyl (C=O) groups is 6. The van der Waals surface area contributed by atoms with Crippen LogP contribution in [0.1, 0.15) is 40.0 Å². The lowest BCUT2D eigenvalue weighted by atomic mass is 9.97. The van der Waals surface area contributed by atoms with Crippen molar-refractivity contribution < 1.29 is 39.0 Å². The summed E-state index contributed by atoms with van der Waals surface area (Å²) in [6.45, 7) is 4.66. The summed E-state index contributed by atoms with van der Waals surface area (Å²) in [6, 6.07) is -5.80. The zero-order chi connectivity index (χ0) is 25.2. The van der Waals surface area contributed by atoms with Gasteiger partial charge in [0, 0.05) is 0 Å². The first kappa shape index (κ1) is 28.7. The van der Waals surface area contributed by atoms with Crippen molar-refractivity contribution in [2.45, 2.75) is 70.3 Å². The summed E-state index contributed by atoms with van der Waals surface area (Å²) in [7, 11) is 0. The van der Waals surface area contributed by atoms with Crippen LogP contribution in [0, 0.1) is 5.92 Å². The van der Waals surface area contributed by atoms with Gasteiger partial charge < -0.3 is 43.4 Å². The summed E-state index contributed by atoms with van der Waals surface area (Å²) in [5.41, 5.74) is 15.7. The number of aliphatic hydroxyl groups is 1. The highest BCUT2D eigenvalue weighted by atomic mass is 16.4. The molecule has 0 heterocycles. The van der Waals surface area contributed by atoms with Crippen LogP contribution >= 0.6 is 0 Å². The number of nitrogens with two attached hydrogens (primary N) is 3. The van der Waals surface area contributed by atoms with Crippen LogP contribution in [0.15, 0.2) is 0 Å². The molecule has 0 fully saturated rings. The number of amides is 5. The molecule has 0 radical (unpaired) electrons. The van der Waals surface area contributed by atoms with Gasteiger partial charge in [-0.25, -0.2) is 4.79 Å². The molecule has 0 saturated carbocycles. The lowest BCUT2D eigenvalue weighted by Crippen LogP contribution is -2.60. The second kappa shape index (κ2) is 13.2. The number of aliphatic hydroxyl groups excluding tert-OH is 1. The normalized spacial score (nSPS) is 16.4. The molecule has 0 aliphatic carbocycles. The molecule has 0 rings (SSSR count). The topological polar surface area (TPSA) is 257 Å². The predicted molar refractivity (Wildman–Crippen MR) is 110 cm³/mol. The molecule has 0 aromatic heterocycles. The molecule has 0 saturated heterocycles. The molecule has 32 heavy (non-hydrogen) atoms. The fourth-order valence-corrected chi connectivity index (χ4v) is 2.52. The number of carbonyl (C=O) groups excluding carboxylic acids is 5. The van der Waals surface area contributed by atoms with E-state index in [0.29, 0.717) is 6.42 Å². The van der Waals surface area contributed by atoms with Crippen LogP contribution in [-0.2, 0) is 28.8 Å². The summed E-state index contributed by atoms with van der Waals surface area (Å²) >= 11 is 0. The van der Waals surface area contributed by atoms with E-state index in [-0.39, 0.29) is 0 Å². The zero-order valence-corrected chi connectivity index (χ0v) is 18.2. The fraction of sp³-hybridized carbons (Fsp3) is 0.667. The van der Waals surface area contributed by atoms with Gasteiger partial charge in [0.2, 0.25) is 29.5 Å².